The first-order valence-corrected chi connectivity index (χ1v) is 6.10. The van der Waals surface area contributed by atoms with Crippen LogP contribution in [0.2, 0.25) is 0 Å². The van der Waals surface area contributed by atoms with Crippen molar-refractivity contribution in [3.8, 4) is 0 Å². The highest BCUT2D eigenvalue weighted by atomic mass is 16.5. The van der Waals surface area contributed by atoms with Crippen LogP contribution in [0.5, 0.6) is 0 Å². The summed E-state index contributed by atoms with van der Waals surface area (Å²) in [6.45, 7) is 2.02. The zero-order chi connectivity index (χ0) is 15.4. The molecule has 2 aromatic heterocycles. The van der Waals surface area contributed by atoms with Crippen LogP contribution in [0.15, 0.2) is 27.7 Å². The van der Waals surface area contributed by atoms with Gasteiger partial charge in [-0.25, -0.2) is 4.79 Å². The zero-order valence-electron chi connectivity index (χ0n) is 11.4. The van der Waals surface area contributed by atoms with Crippen molar-refractivity contribution in [2.75, 3.05) is 6.61 Å². The van der Waals surface area contributed by atoms with Gasteiger partial charge in [0.1, 0.15) is 11.5 Å². The molecule has 2 heterocycles. The van der Waals surface area contributed by atoms with E-state index in [4.69, 9.17) is 14.7 Å². The molecule has 0 aromatic carbocycles. The average Bonchev–Trinajstić information content (AvgIpc) is 2.97. The number of esters is 1. The summed E-state index contributed by atoms with van der Waals surface area (Å²) in [6, 6.07) is 3.23. The summed E-state index contributed by atoms with van der Waals surface area (Å²) < 4.78 is 12.1. The Labute approximate surface area is 119 Å². The smallest absolute Gasteiger partial charge is 0.355 e. The first-order chi connectivity index (χ1) is 10.1. The van der Waals surface area contributed by atoms with E-state index in [1.807, 2.05) is 0 Å². The van der Waals surface area contributed by atoms with Gasteiger partial charge in [-0.15, -0.1) is 0 Å². The summed E-state index contributed by atoms with van der Waals surface area (Å²) in [4.78, 5) is 25.1. The Bertz CT molecular complexity index is 778. The van der Waals surface area contributed by atoms with Gasteiger partial charge in [-0.1, -0.05) is 0 Å². The molecule has 0 fully saturated rings. The molecular formula is C13H12N4O4. The number of fused-ring (bicyclic) bond motifs is 1. The monoisotopic (exact) mass is 288 g/mol. The highest BCUT2D eigenvalue weighted by Gasteiger charge is 2.17. The van der Waals surface area contributed by atoms with Crippen molar-refractivity contribution in [1.29, 1.82) is 0 Å². The van der Waals surface area contributed by atoms with Gasteiger partial charge in [-0.3, -0.25) is 4.79 Å². The Hall–Kier alpha value is -2.99. The van der Waals surface area contributed by atoms with Crippen LogP contribution in [0.1, 0.15) is 23.2 Å². The van der Waals surface area contributed by atoms with Crippen LogP contribution in [0, 0.1) is 0 Å². The fraction of sp³-hybridized carbons (Fsp3) is 0.231. The van der Waals surface area contributed by atoms with E-state index in [-0.39, 0.29) is 0 Å². The summed E-state index contributed by atoms with van der Waals surface area (Å²) in [7, 11) is 1.71. The minimum atomic E-state index is -0.717. The molecule has 1 amide bonds. The summed E-state index contributed by atoms with van der Waals surface area (Å²) in [5.74, 6) is -0.736. The Balaban J connectivity index is 2.30. The standard InChI is InChI=1S/C13H12N4O4/c1-3-20-13(19)10-7-11-9(17(10)2)6-8(21-11)4-5-12(18)15-16-14/h4-7H,3H2,1-2H3/b5-4+. The highest BCUT2D eigenvalue weighted by molar-refractivity contribution is 5.95. The highest BCUT2D eigenvalue weighted by Crippen LogP contribution is 2.24. The Morgan fingerprint density at radius 1 is 1.52 bits per heavy atom. The molecule has 2 aromatic rings. The third-order valence-electron chi connectivity index (χ3n) is 2.77. The fourth-order valence-corrected chi connectivity index (χ4v) is 1.84. The molecule has 8 nitrogen and oxygen atoms in total. The van der Waals surface area contributed by atoms with Gasteiger partial charge in [0.2, 0.25) is 5.91 Å². The van der Waals surface area contributed by atoms with Crippen LogP contribution in [0.25, 0.3) is 27.6 Å². The van der Waals surface area contributed by atoms with Crippen molar-refractivity contribution in [1.82, 2.24) is 4.57 Å². The number of carbonyl (C=O) groups excluding carboxylic acids is 2. The molecule has 0 aliphatic rings. The molecule has 8 heteroatoms. The van der Waals surface area contributed by atoms with Crippen molar-refractivity contribution in [3.63, 3.8) is 0 Å². The second-order valence-corrected chi connectivity index (χ2v) is 4.07. The van der Waals surface area contributed by atoms with Gasteiger partial charge in [0.15, 0.2) is 5.58 Å². The number of ether oxygens (including phenoxy) is 1. The minimum Gasteiger partial charge on any atom is -0.461 e. The topological polar surface area (TPSA) is 110 Å². The van der Waals surface area contributed by atoms with Gasteiger partial charge in [-0.2, -0.15) is 0 Å². The first-order valence-electron chi connectivity index (χ1n) is 6.10. The lowest BCUT2D eigenvalue weighted by atomic mass is 10.4. The van der Waals surface area contributed by atoms with E-state index in [0.717, 1.165) is 6.08 Å². The number of hydrogen-bond donors (Lipinski definition) is 0. The molecule has 0 aliphatic heterocycles. The summed E-state index contributed by atoms with van der Waals surface area (Å²) >= 11 is 0. The van der Waals surface area contributed by atoms with E-state index >= 15 is 0 Å². The number of aromatic nitrogens is 1. The predicted octanol–water partition coefficient (Wildman–Crippen LogP) is 2.80. The predicted molar refractivity (Wildman–Crippen MR) is 74.3 cm³/mol. The first kappa shape index (κ1) is 14.4. The average molecular weight is 288 g/mol. The van der Waals surface area contributed by atoms with Crippen LogP contribution in [0.3, 0.4) is 0 Å². The largest absolute Gasteiger partial charge is 0.461 e. The van der Waals surface area contributed by atoms with E-state index < -0.39 is 11.9 Å². The maximum Gasteiger partial charge on any atom is 0.355 e. The van der Waals surface area contributed by atoms with Crippen molar-refractivity contribution in [3.05, 3.63) is 40.1 Å². The Morgan fingerprint density at radius 2 is 2.29 bits per heavy atom. The van der Waals surface area contributed by atoms with Crippen molar-refractivity contribution >= 4 is 29.1 Å². The quantitative estimate of drug-likeness (QED) is 0.283. The van der Waals surface area contributed by atoms with Crippen molar-refractivity contribution < 1.29 is 18.7 Å². The SMILES string of the molecule is CCOC(=O)c1cc2oc(/C=C/C(=O)N=[N+]=[N-])cc2n1C. The molecule has 0 unspecified atom stereocenters. The second kappa shape index (κ2) is 5.98. The lowest BCUT2D eigenvalue weighted by Gasteiger charge is -2.02. The molecule has 108 valence electrons. The molecule has 0 radical (unpaired) electrons. The summed E-state index contributed by atoms with van der Waals surface area (Å²) in [6.07, 6.45) is 2.49. The van der Waals surface area contributed by atoms with E-state index in [2.05, 4.69) is 10.0 Å². The van der Waals surface area contributed by atoms with E-state index in [1.165, 1.54) is 6.08 Å². The van der Waals surface area contributed by atoms with Gasteiger partial charge < -0.3 is 13.7 Å². The zero-order valence-corrected chi connectivity index (χ0v) is 11.4. The summed E-state index contributed by atoms with van der Waals surface area (Å²) in [5.41, 5.74) is 9.68. The molecule has 21 heavy (non-hydrogen) atoms. The van der Waals surface area contributed by atoms with Crippen LogP contribution >= 0.6 is 0 Å². The van der Waals surface area contributed by atoms with Gasteiger partial charge in [0, 0.05) is 24.1 Å². The lowest BCUT2D eigenvalue weighted by Crippen LogP contribution is -2.09. The third-order valence-corrected chi connectivity index (χ3v) is 2.77. The Morgan fingerprint density at radius 3 is 2.90 bits per heavy atom. The third kappa shape index (κ3) is 2.96. The molecule has 0 saturated heterocycles. The molecule has 0 atom stereocenters. The van der Waals surface area contributed by atoms with Crippen LogP contribution in [0.4, 0.5) is 0 Å². The number of amides is 1. The number of rotatable bonds is 4. The second-order valence-electron chi connectivity index (χ2n) is 4.07. The van der Waals surface area contributed by atoms with Gasteiger partial charge in [0.05, 0.1) is 12.1 Å². The lowest BCUT2D eigenvalue weighted by molar-refractivity contribution is -0.113. The summed E-state index contributed by atoms with van der Waals surface area (Å²) in [5, 5.41) is 2.90. The number of nitrogens with zero attached hydrogens (tertiary/aromatic N) is 4. The van der Waals surface area contributed by atoms with E-state index in [9.17, 15) is 9.59 Å². The normalized spacial score (nSPS) is 10.8. The van der Waals surface area contributed by atoms with Gasteiger partial charge in [-0.05, 0) is 29.7 Å². The van der Waals surface area contributed by atoms with Crippen LogP contribution in [-0.2, 0) is 16.6 Å². The molecule has 0 aliphatic carbocycles. The van der Waals surface area contributed by atoms with Gasteiger partial charge in [0.25, 0.3) is 0 Å². The fourth-order valence-electron chi connectivity index (χ4n) is 1.84. The van der Waals surface area contributed by atoms with E-state index in [0.29, 0.717) is 29.2 Å². The molecule has 0 N–H and O–H groups in total. The molecule has 0 bridgehead atoms. The molecular weight excluding hydrogens is 276 g/mol. The number of carbonyl (C=O) groups is 2. The maximum absolute atomic E-state index is 11.7. The van der Waals surface area contributed by atoms with E-state index in [1.54, 1.807) is 30.7 Å². The molecule has 0 spiro atoms. The van der Waals surface area contributed by atoms with Crippen molar-refractivity contribution in [2.24, 2.45) is 12.2 Å². The number of azide groups is 1. The van der Waals surface area contributed by atoms with Crippen LogP contribution < -0.4 is 0 Å². The number of aryl methyl sites for hydroxylation is 1. The number of furan rings is 1. The van der Waals surface area contributed by atoms with Crippen molar-refractivity contribution in [2.45, 2.75) is 6.92 Å². The Kier molecular flexibility index (Phi) is 4.10. The maximum atomic E-state index is 11.7. The minimum absolute atomic E-state index is 0.293. The number of hydrogen-bond acceptors (Lipinski definition) is 4. The van der Waals surface area contributed by atoms with Gasteiger partial charge >= 0.3 is 5.97 Å². The molecule has 2 rings (SSSR count). The molecule has 0 saturated carbocycles. The van der Waals surface area contributed by atoms with Crippen LogP contribution in [-0.4, -0.2) is 23.1 Å².